The van der Waals surface area contributed by atoms with Crippen molar-refractivity contribution in [3.8, 4) is 17.2 Å². The van der Waals surface area contributed by atoms with Crippen LogP contribution in [0.5, 0.6) is 5.75 Å². The first-order chi connectivity index (χ1) is 14.0. The minimum atomic E-state index is -0.771. The molecule has 1 atom stereocenters. The second-order valence-corrected chi connectivity index (χ2v) is 7.11. The summed E-state index contributed by atoms with van der Waals surface area (Å²) in [7, 11) is 0. The minimum absolute atomic E-state index is 0.327. The van der Waals surface area contributed by atoms with Gasteiger partial charge in [0.15, 0.2) is 11.7 Å². The van der Waals surface area contributed by atoms with E-state index in [1.807, 2.05) is 12.1 Å². The SMILES string of the molecule is C[C@@H](Oc1ccc(Cl)cc1Cl)C(=O)Nc1ccc2oc(-c3cccnc3)nc2c1. The molecule has 0 unspecified atom stereocenters. The van der Waals surface area contributed by atoms with E-state index in [-0.39, 0.29) is 5.91 Å². The maximum Gasteiger partial charge on any atom is 0.265 e. The molecule has 0 fully saturated rings. The molecule has 29 heavy (non-hydrogen) atoms. The standard InChI is InChI=1S/C21H15Cl2N3O3/c1-12(28-18-6-4-14(22)9-16(18)23)20(27)25-15-5-7-19-17(10-15)26-21(29-19)13-3-2-8-24-11-13/h2-12H,1H3,(H,25,27)/t12-/m1/s1. The van der Waals surface area contributed by atoms with Gasteiger partial charge in [-0.15, -0.1) is 0 Å². The summed E-state index contributed by atoms with van der Waals surface area (Å²) < 4.78 is 11.4. The third-order valence-electron chi connectivity index (χ3n) is 4.13. The molecule has 146 valence electrons. The second kappa shape index (κ2) is 8.11. The van der Waals surface area contributed by atoms with Crippen LogP contribution in [-0.4, -0.2) is 22.0 Å². The number of carbonyl (C=O) groups excluding carboxylic acids is 1. The topological polar surface area (TPSA) is 77.2 Å². The van der Waals surface area contributed by atoms with Crippen molar-refractivity contribution in [2.75, 3.05) is 5.32 Å². The van der Waals surface area contributed by atoms with E-state index >= 15 is 0 Å². The normalized spacial score (nSPS) is 12.0. The lowest BCUT2D eigenvalue weighted by Crippen LogP contribution is -2.30. The van der Waals surface area contributed by atoms with Crippen LogP contribution < -0.4 is 10.1 Å². The average molecular weight is 428 g/mol. The van der Waals surface area contributed by atoms with Crippen molar-refractivity contribution in [1.82, 2.24) is 9.97 Å². The lowest BCUT2D eigenvalue weighted by molar-refractivity contribution is -0.122. The van der Waals surface area contributed by atoms with Gasteiger partial charge in [-0.2, -0.15) is 0 Å². The summed E-state index contributed by atoms with van der Waals surface area (Å²) in [5, 5.41) is 3.64. The van der Waals surface area contributed by atoms with Gasteiger partial charge in [0, 0.05) is 23.1 Å². The molecule has 0 aliphatic carbocycles. The first-order valence-corrected chi connectivity index (χ1v) is 9.49. The molecule has 0 radical (unpaired) electrons. The highest BCUT2D eigenvalue weighted by molar-refractivity contribution is 6.35. The molecule has 4 rings (SSSR count). The number of fused-ring (bicyclic) bond motifs is 1. The van der Waals surface area contributed by atoms with Crippen LogP contribution in [0.3, 0.4) is 0 Å². The maximum atomic E-state index is 12.5. The van der Waals surface area contributed by atoms with Crippen LogP contribution >= 0.6 is 23.2 Å². The van der Waals surface area contributed by atoms with Crippen LogP contribution in [0.4, 0.5) is 5.69 Å². The highest BCUT2D eigenvalue weighted by Gasteiger charge is 2.17. The highest BCUT2D eigenvalue weighted by atomic mass is 35.5. The van der Waals surface area contributed by atoms with E-state index in [2.05, 4.69) is 15.3 Å². The van der Waals surface area contributed by atoms with Gasteiger partial charge in [-0.1, -0.05) is 23.2 Å². The van der Waals surface area contributed by atoms with Gasteiger partial charge in [-0.05, 0) is 55.5 Å². The van der Waals surface area contributed by atoms with Gasteiger partial charge < -0.3 is 14.5 Å². The van der Waals surface area contributed by atoms with Crippen molar-refractivity contribution in [3.05, 3.63) is 71.0 Å². The number of amides is 1. The van der Waals surface area contributed by atoms with E-state index in [0.717, 1.165) is 5.56 Å². The number of rotatable bonds is 5. The molecule has 6 nitrogen and oxygen atoms in total. The number of benzene rings is 2. The predicted molar refractivity (Wildman–Crippen MR) is 112 cm³/mol. The number of aromatic nitrogens is 2. The van der Waals surface area contributed by atoms with Gasteiger partial charge in [0.05, 0.1) is 10.6 Å². The summed E-state index contributed by atoms with van der Waals surface area (Å²) in [5.41, 5.74) is 2.58. The van der Waals surface area contributed by atoms with E-state index in [1.54, 1.807) is 55.7 Å². The number of nitrogens with zero attached hydrogens (tertiary/aromatic N) is 2. The lowest BCUT2D eigenvalue weighted by atomic mass is 10.2. The Bertz CT molecular complexity index is 1180. The fourth-order valence-electron chi connectivity index (χ4n) is 2.68. The smallest absolute Gasteiger partial charge is 0.265 e. The van der Waals surface area contributed by atoms with Crippen molar-refractivity contribution in [2.45, 2.75) is 13.0 Å². The molecule has 1 N–H and O–H groups in total. The molecule has 0 spiro atoms. The number of pyridine rings is 1. The fraction of sp³-hybridized carbons (Fsp3) is 0.0952. The van der Waals surface area contributed by atoms with Gasteiger partial charge in [0.2, 0.25) is 5.89 Å². The molecule has 0 saturated heterocycles. The molecular weight excluding hydrogens is 413 g/mol. The quantitative estimate of drug-likeness (QED) is 0.448. The van der Waals surface area contributed by atoms with Gasteiger partial charge in [0.1, 0.15) is 11.3 Å². The van der Waals surface area contributed by atoms with E-state index in [4.69, 9.17) is 32.4 Å². The Kier molecular flexibility index (Phi) is 5.38. The number of hydrogen-bond donors (Lipinski definition) is 1. The molecule has 1 amide bonds. The molecule has 0 saturated carbocycles. The van der Waals surface area contributed by atoms with Crippen molar-refractivity contribution in [3.63, 3.8) is 0 Å². The van der Waals surface area contributed by atoms with E-state index in [1.165, 1.54) is 0 Å². The Balaban J connectivity index is 1.48. The van der Waals surface area contributed by atoms with E-state index in [9.17, 15) is 4.79 Å². The molecule has 0 aliphatic rings. The van der Waals surface area contributed by atoms with Crippen LogP contribution in [-0.2, 0) is 4.79 Å². The summed E-state index contributed by atoms with van der Waals surface area (Å²) in [6.07, 6.45) is 2.59. The summed E-state index contributed by atoms with van der Waals surface area (Å²) >= 11 is 12.0. The Labute approximate surface area is 176 Å². The fourth-order valence-corrected chi connectivity index (χ4v) is 3.13. The third kappa shape index (κ3) is 4.34. The van der Waals surface area contributed by atoms with Crippen molar-refractivity contribution in [2.24, 2.45) is 0 Å². The number of oxazole rings is 1. The zero-order valence-electron chi connectivity index (χ0n) is 15.2. The van der Waals surface area contributed by atoms with Crippen molar-refractivity contribution in [1.29, 1.82) is 0 Å². The first kappa shape index (κ1) is 19.2. The molecule has 0 bridgehead atoms. The van der Waals surface area contributed by atoms with E-state index < -0.39 is 6.10 Å². The number of hydrogen-bond acceptors (Lipinski definition) is 5. The Morgan fingerprint density at radius 3 is 2.79 bits per heavy atom. The first-order valence-electron chi connectivity index (χ1n) is 8.73. The molecule has 2 aromatic carbocycles. The Hall–Kier alpha value is -3.09. The summed E-state index contributed by atoms with van der Waals surface area (Å²) in [6.45, 7) is 1.63. The Morgan fingerprint density at radius 1 is 1.17 bits per heavy atom. The number of nitrogens with one attached hydrogen (secondary N) is 1. The summed E-state index contributed by atoms with van der Waals surface area (Å²) in [4.78, 5) is 21.0. The largest absolute Gasteiger partial charge is 0.479 e. The van der Waals surface area contributed by atoms with Crippen molar-refractivity contribution < 1.29 is 13.9 Å². The van der Waals surface area contributed by atoms with Crippen LogP contribution in [0.1, 0.15) is 6.92 Å². The summed E-state index contributed by atoms with van der Waals surface area (Å²) in [5.74, 6) is 0.517. The zero-order chi connectivity index (χ0) is 20.4. The third-order valence-corrected chi connectivity index (χ3v) is 4.66. The number of halogens is 2. The molecule has 8 heteroatoms. The van der Waals surface area contributed by atoms with Crippen LogP contribution in [0.25, 0.3) is 22.6 Å². The minimum Gasteiger partial charge on any atom is -0.479 e. The van der Waals surface area contributed by atoms with Crippen molar-refractivity contribution >= 4 is 45.9 Å². The van der Waals surface area contributed by atoms with Gasteiger partial charge in [-0.25, -0.2) is 4.98 Å². The maximum absolute atomic E-state index is 12.5. The molecular formula is C21H15Cl2N3O3. The summed E-state index contributed by atoms with van der Waals surface area (Å²) in [6, 6.07) is 13.7. The lowest BCUT2D eigenvalue weighted by Gasteiger charge is -2.15. The van der Waals surface area contributed by atoms with E-state index in [0.29, 0.717) is 38.5 Å². The molecule has 2 aromatic heterocycles. The highest BCUT2D eigenvalue weighted by Crippen LogP contribution is 2.29. The number of carbonyl (C=O) groups is 1. The monoisotopic (exact) mass is 427 g/mol. The Morgan fingerprint density at radius 2 is 2.03 bits per heavy atom. The van der Waals surface area contributed by atoms with Gasteiger partial charge >= 0.3 is 0 Å². The molecule has 2 heterocycles. The number of anilines is 1. The molecule has 4 aromatic rings. The van der Waals surface area contributed by atoms with Crippen LogP contribution in [0.15, 0.2) is 65.3 Å². The number of ether oxygens (including phenoxy) is 1. The second-order valence-electron chi connectivity index (χ2n) is 6.27. The molecule has 0 aliphatic heterocycles. The predicted octanol–water partition coefficient (Wildman–Crippen LogP) is 5.60. The average Bonchev–Trinajstić information content (AvgIpc) is 3.14. The van der Waals surface area contributed by atoms with Gasteiger partial charge in [-0.3, -0.25) is 9.78 Å². The van der Waals surface area contributed by atoms with Gasteiger partial charge in [0.25, 0.3) is 5.91 Å². The zero-order valence-corrected chi connectivity index (χ0v) is 16.7. The van der Waals surface area contributed by atoms with Crippen LogP contribution in [0.2, 0.25) is 10.0 Å². The van der Waals surface area contributed by atoms with Crippen LogP contribution in [0, 0.1) is 0 Å².